The average molecular weight is 357 g/mol. The Kier molecular flexibility index (Phi) is 4.51. The van der Waals surface area contributed by atoms with E-state index in [1.54, 1.807) is 0 Å². The first kappa shape index (κ1) is 17.2. The molecule has 0 bridgehead atoms. The number of carbonyl (C=O) groups excluding carboxylic acids is 2. The van der Waals surface area contributed by atoms with Gasteiger partial charge >= 0.3 is 6.09 Å². The van der Waals surface area contributed by atoms with Crippen LogP contribution in [0.25, 0.3) is 0 Å². The van der Waals surface area contributed by atoms with Gasteiger partial charge in [-0.1, -0.05) is 25.5 Å². The molecule has 26 heavy (non-hydrogen) atoms. The molecule has 6 heteroatoms. The largest absolute Gasteiger partial charge is 0.450 e. The molecule has 1 aromatic carbocycles. The lowest BCUT2D eigenvalue weighted by Crippen LogP contribution is -2.52. The van der Waals surface area contributed by atoms with Crippen molar-refractivity contribution in [1.82, 2.24) is 4.90 Å². The molecule has 0 N–H and O–H groups in total. The SMILES string of the molecule is CCCCN1C(=O)CN2c3c(cccc31)[C@@H]1CN(C(=O)OCC)CC[C@@H]12. The lowest BCUT2D eigenvalue weighted by atomic mass is 9.89. The average Bonchev–Trinajstić information content (AvgIpc) is 2.96. The van der Waals surface area contributed by atoms with E-state index in [1.807, 2.05) is 16.7 Å². The van der Waals surface area contributed by atoms with Gasteiger partial charge in [-0.25, -0.2) is 4.79 Å². The Morgan fingerprint density at radius 3 is 2.92 bits per heavy atom. The molecule has 3 aliphatic heterocycles. The first-order valence-corrected chi connectivity index (χ1v) is 9.77. The molecule has 2 amide bonds. The molecule has 4 rings (SSSR count). The fourth-order valence-electron chi connectivity index (χ4n) is 4.67. The van der Waals surface area contributed by atoms with Crippen LogP contribution in [0, 0.1) is 0 Å². The van der Waals surface area contributed by atoms with Crippen LogP contribution in [0.15, 0.2) is 18.2 Å². The summed E-state index contributed by atoms with van der Waals surface area (Å²) in [4.78, 5) is 31.0. The summed E-state index contributed by atoms with van der Waals surface area (Å²) in [6.07, 6.45) is 2.73. The van der Waals surface area contributed by atoms with E-state index < -0.39 is 0 Å². The van der Waals surface area contributed by atoms with Gasteiger partial charge in [-0.15, -0.1) is 0 Å². The number of benzene rings is 1. The fraction of sp³-hybridized carbons (Fsp3) is 0.600. The number of rotatable bonds is 4. The lowest BCUT2D eigenvalue weighted by molar-refractivity contribution is -0.117. The van der Waals surface area contributed by atoms with Gasteiger partial charge in [0.25, 0.3) is 0 Å². The topological polar surface area (TPSA) is 53.1 Å². The zero-order valence-electron chi connectivity index (χ0n) is 15.6. The second kappa shape index (κ2) is 6.82. The number of para-hydroxylation sites is 1. The number of anilines is 2. The van der Waals surface area contributed by atoms with Gasteiger partial charge in [0.1, 0.15) is 0 Å². The van der Waals surface area contributed by atoms with Gasteiger partial charge in [-0.2, -0.15) is 0 Å². The quantitative estimate of drug-likeness (QED) is 0.831. The van der Waals surface area contributed by atoms with Crippen molar-refractivity contribution in [3.63, 3.8) is 0 Å². The monoisotopic (exact) mass is 357 g/mol. The zero-order valence-corrected chi connectivity index (χ0v) is 15.6. The molecule has 3 aliphatic rings. The molecule has 0 aliphatic carbocycles. The first-order chi connectivity index (χ1) is 12.7. The molecule has 1 saturated heterocycles. The highest BCUT2D eigenvalue weighted by Gasteiger charge is 2.47. The molecule has 0 radical (unpaired) electrons. The summed E-state index contributed by atoms with van der Waals surface area (Å²) in [5.74, 6) is 0.443. The molecular weight excluding hydrogens is 330 g/mol. The van der Waals surface area contributed by atoms with E-state index in [0.717, 1.165) is 31.5 Å². The minimum atomic E-state index is -0.224. The second-order valence-corrected chi connectivity index (χ2v) is 7.35. The third-order valence-electron chi connectivity index (χ3n) is 5.87. The minimum Gasteiger partial charge on any atom is -0.450 e. The number of nitrogens with zero attached hydrogens (tertiary/aromatic N) is 3. The highest BCUT2D eigenvalue weighted by molar-refractivity contribution is 6.05. The maximum absolute atomic E-state index is 12.8. The first-order valence-electron chi connectivity index (χ1n) is 9.77. The van der Waals surface area contributed by atoms with Gasteiger partial charge < -0.3 is 19.4 Å². The van der Waals surface area contributed by atoms with Crippen LogP contribution < -0.4 is 9.80 Å². The van der Waals surface area contributed by atoms with Crippen molar-refractivity contribution in [3.8, 4) is 0 Å². The van der Waals surface area contributed by atoms with Crippen molar-refractivity contribution < 1.29 is 14.3 Å². The Hall–Kier alpha value is -2.24. The number of fused-ring (bicyclic) bond motifs is 3. The van der Waals surface area contributed by atoms with Gasteiger partial charge in [0.2, 0.25) is 5.91 Å². The van der Waals surface area contributed by atoms with Gasteiger partial charge in [0.15, 0.2) is 0 Å². The highest BCUT2D eigenvalue weighted by atomic mass is 16.6. The third-order valence-corrected chi connectivity index (χ3v) is 5.87. The third kappa shape index (κ3) is 2.63. The minimum absolute atomic E-state index is 0.191. The molecule has 140 valence electrons. The van der Waals surface area contributed by atoms with E-state index in [1.165, 1.54) is 11.3 Å². The van der Waals surface area contributed by atoms with Crippen molar-refractivity contribution in [3.05, 3.63) is 23.8 Å². The number of unbranched alkanes of at least 4 members (excludes halogenated alkanes) is 1. The van der Waals surface area contributed by atoms with E-state index in [0.29, 0.717) is 32.3 Å². The molecule has 6 nitrogen and oxygen atoms in total. The smallest absolute Gasteiger partial charge is 0.409 e. The predicted octanol–water partition coefficient (Wildman–Crippen LogP) is 2.97. The van der Waals surface area contributed by atoms with Gasteiger partial charge in [-0.3, -0.25) is 4.79 Å². The van der Waals surface area contributed by atoms with Crippen LogP contribution in [-0.2, 0) is 9.53 Å². The summed E-state index contributed by atoms with van der Waals surface area (Å²) in [6.45, 7) is 6.97. The summed E-state index contributed by atoms with van der Waals surface area (Å²) < 4.78 is 5.20. The maximum atomic E-state index is 12.8. The number of ether oxygens (including phenoxy) is 1. The molecule has 1 aromatic rings. The van der Waals surface area contributed by atoms with Crippen LogP contribution in [0.1, 0.15) is 44.6 Å². The molecule has 3 heterocycles. The summed E-state index contributed by atoms with van der Waals surface area (Å²) in [5, 5.41) is 0. The lowest BCUT2D eigenvalue weighted by Gasteiger charge is -2.41. The van der Waals surface area contributed by atoms with Gasteiger partial charge in [0, 0.05) is 31.6 Å². The zero-order chi connectivity index (χ0) is 18.3. The van der Waals surface area contributed by atoms with Crippen molar-refractivity contribution in [2.75, 3.05) is 42.6 Å². The number of hydrogen-bond acceptors (Lipinski definition) is 4. The van der Waals surface area contributed by atoms with Crippen LogP contribution >= 0.6 is 0 Å². The molecule has 0 unspecified atom stereocenters. The van der Waals surface area contributed by atoms with E-state index in [2.05, 4.69) is 30.0 Å². The van der Waals surface area contributed by atoms with Crippen LogP contribution in [0.5, 0.6) is 0 Å². The van der Waals surface area contributed by atoms with Crippen molar-refractivity contribution in [1.29, 1.82) is 0 Å². The van der Waals surface area contributed by atoms with Crippen LogP contribution in [0.4, 0.5) is 16.2 Å². The molecule has 0 spiro atoms. The number of carbonyl (C=O) groups is 2. The number of amides is 2. The van der Waals surface area contributed by atoms with E-state index in [-0.39, 0.29) is 17.9 Å². The Bertz CT molecular complexity index is 720. The maximum Gasteiger partial charge on any atom is 0.409 e. The number of hydrogen-bond donors (Lipinski definition) is 0. The van der Waals surface area contributed by atoms with E-state index >= 15 is 0 Å². The van der Waals surface area contributed by atoms with Crippen molar-refractivity contribution in [2.24, 2.45) is 0 Å². The van der Waals surface area contributed by atoms with Crippen LogP contribution in [0.3, 0.4) is 0 Å². The standard InChI is InChI=1S/C20H27N3O3/c1-3-5-10-22-17-8-6-7-14-15-12-21(20(25)26-4-2)11-9-16(15)23(19(14)17)13-18(22)24/h6-8,15-16H,3-5,9-13H2,1-2H3/t15-,16-/m0/s1. The van der Waals surface area contributed by atoms with E-state index in [4.69, 9.17) is 4.74 Å². The molecule has 2 atom stereocenters. The van der Waals surface area contributed by atoms with Gasteiger partial charge in [-0.05, 0) is 31.4 Å². The Labute approximate surface area is 154 Å². The Morgan fingerprint density at radius 1 is 1.31 bits per heavy atom. The van der Waals surface area contributed by atoms with E-state index in [9.17, 15) is 9.59 Å². The highest BCUT2D eigenvalue weighted by Crippen LogP contribution is 2.50. The Balaban J connectivity index is 1.66. The summed E-state index contributed by atoms with van der Waals surface area (Å²) in [5.41, 5.74) is 3.53. The Morgan fingerprint density at radius 2 is 2.15 bits per heavy atom. The normalized spacial score (nSPS) is 23.8. The number of piperidine rings is 1. The molecule has 0 aromatic heterocycles. The summed E-state index contributed by atoms with van der Waals surface area (Å²) >= 11 is 0. The predicted molar refractivity (Wildman–Crippen MR) is 101 cm³/mol. The summed E-state index contributed by atoms with van der Waals surface area (Å²) in [6, 6.07) is 6.59. The van der Waals surface area contributed by atoms with Crippen molar-refractivity contribution in [2.45, 2.75) is 45.1 Å². The summed E-state index contributed by atoms with van der Waals surface area (Å²) in [7, 11) is 0. The fourth-order valence-corrected chi connectivity index (χ4v) is 4.67. The molecular formula is C20H27N3O3. The van der Waals surface area contributed by atoms with Crippen LogP contribution in [-0.4, -0.2) is 55.7 Å². The van der Waals surface area contributed by atoms with Gasteiger partial charge in [0.05, 0.1) is 24.5 Å². The second-order valence-electron chi connectivity index (χ2n) is 7.35. The molecule has 0 saturated carbocycles. The molecule has 1 fully saturated rings. The van der Waals surface area contributed by atoms with Crippen molar-refractivity contribution >= 4 is 23.4 Å². The number of likely N-dealkylation sites (tertiary alicyclic amines) is 1. The van der Waals surface area contributed by atoms with Crippen LogP contribution in [0.2, 0.25) is 0 Å².